The number of allylic oxidation sites excluding steroid dienone is 12. The standard InChI is InChI=1S/C65H110O12/c1-4-7-10-13-16-19-22-25-27-28-29-30-32-35-38-41-44-47-50-53-59(68)76-63-61(70)60(69)62(64(71)72)77-65(63)74-55-56(75-58(67)52-49-46-43-40-37-33-24-21-18-15-12-9-6-3)54-73-57(66)51-48-45-42-39-36-34-31-26-23-20-17-14-11-8-5-2/h9,12,16,18-19,21,25-27,31,33,37,56,60-63,65,69-70H,4-8,10-11,13-15,17,20,22-24,28-30,32,34-36,38-55H2,1-3H3,(H,71,72)/b12-9-,19-16-,21-18-,27-25-,31-26-,37-33-. The Morgan fingerprint density at radius 2 is 0.818 bits per heavy atom. The molecule has 1 saturated heterocycles. The van der Waals surface area contributed by atoms with Crippen molar-refractivity contribution in [2.45, 2.75) is 302 Å². The number of carbonyl (C=O) groups is 4. The third kappa shape index (κ3) is 42.7. The molecule has 0 aromatic rings. The van der Waals surface area contributed by atoms with E-state index in [0.29, 0.717) is 19.3 Å². The first-order valence-corrected chi connectivity index (χ1v) is 30.9. The molecule has 12 heteroatoms. The van der Waals surface area contributed by atoms with Crippen LogP contribution in [-0.4, -0.2) is 89.2 Å². The van der Waals surface area contributed by atoms with Gasteiger partial charge in [-0.1, -0.05) is 209 Å². The zero-order valence-electron chi connectivity index (χ0n) is 48.7. The Hall–Kier alpha value is -3.84. The van der Waals surface area contributed by atoms with Gasteiger partial charge in [0.2, 0.25) is 0 Å². The molecule has 0 aliphatic carbocycles. The van der Waals surface area contributed by atoms with Crippen molar-refractivity contribution in [2.24, 2.45) is 0 Å². The van der Waals surface area contributed by atoms with E-state index in [1.54, 1.807) is 0 Å². The van der Waals surface area contributed by atoms with E-state index in [-0.39, 0.29) is 25.9 Å². The number of rotatable bonds is 52. The minimum Gasteiger partial charge on any atom is -0.479 e. The topological polar surface area (TPSA) is 175 Å². The maximum Gasteiger partial charge on any atom is 0.335 e. The van der Waals surface area contributed by atoms with Crippen molar-refractivity contribution in [1.29, 1.82) is 0 Å². The number of aliphatic hydroxyl groups is 2. The molecular weight excluding hydrogens is 973 g/mol. The fourth-order valence-electron chi connectivity index (χ4n) is 9.00. The molecule has 77 heavy (non-hydrogen) atoms. The first-order chi connectivity index (χ1) is 37.6. The van der Waals surface area contributed by atoms with E-state index in [9.17, 15) is 34.5 Å². The van der Waals surface area contributed by atoms with Crippen LogP contribution in [0.5, 0.6) is 0 Å². The maximum absolute atomic E-state index is 13.1. The molecule has 12 nitrogen and oxygen atoms in total. The summed E-state index contributed by atoms with van der Waals surface area (Å²) in [5.74, 6) is -3.17. The Morgan fingerprint density at radius 1 is 0.442 bits per heavy atom. The predicted octanol–water partition coefficient (Wildman–Crippen LogP) is 16.1. The van der Waals surface area contributed by atoms with Gasteiger partial charge < -0.3 is 39.0 Å². The van der Waals surface area contributed by atoms with Crippen LogP contribution in [0.4, 0.5) is 0 Å². The molecule has 1 heterocycles. The van der Waals surface area contributed by atoms with E-state index < -0.39 is 67.3 Å². The summed E-state index contributed by atoms with van der Waals surface area (Å²) >= 11 is 0. The summed E-state index contributed by atoms with van der Waals surface area (Å²) in [5.41, 5.74) is 0. The molecule has 1 rings (SSSR count). The van der Waals surface area contributed by atoms with Gasteiger partial charge in [-0.3, -0.25) is 14.4 Å². The van der Waals surface area contributed by atoms with E-state index in [1.807, 2.05) is 0 Å². The summed E-state index contributed by atoms with van der Waals surface area (Å²) in [5, 5.41) is 31.5. The number of ether oxygens (including phenoxy) is 5. The van der Waals surface area contributed by atoms with E-state index in [2.05, 4.69) is 93.7 Å². The fraction of sp³-hybridized carbons (Fsp3) is 0.754. The highest BCUT2D eigenvalue weighted by molar-refractivity contribution is 5.74. The first-order valence-electron chi connectivity index (χ1n) is 30.9. The lowest BCUT2D eigenvalue weighted by Crippen LogP contribution is -2.61. The smallest absolute Gasteiger partial charge is 0.335 e. The van der Waals surface area contributed by atoms with Gasteiger partial charge in [0, 0.05) is 19.3 Å². The Balaban J connectivity index is 2.67. The van der Waals surface area contributed by atoms with Crippen LogP contribution in [0.2, 0.25) is 0 Å². The molecule has 3 N–H and O–H groups in total. The van der Waals surface area contributed by atoms with Crippen molar-refractivity contribution in [3.63, 3.8) is 0 Å². The summed E-state index contributed by atoms with van der Waals surface area (Å²) < 4.78 is 28.4. The Kier molecular flexibility index (Phi) is 48.8. The van der Waals surface area contributed by atoms with Crippen molar-refractivity contribution in [2.75, 3.05) is 13.2 Å². The minimum atomic E-state index is -1.91. The van der Waals surface area contributed by atoms with Gasteiger partial charge in [0.15, 0.2) is 24.6 Å². The molecule has 1 aliphatic rings. The van der Waals surface area contributed by atoms with Crippen LogP contribution in [0.1, 0.15) is 265 Å². The molecule has 1 fully saturated rings. The Labute approximate surface area is 468 Å². The fourth-order valence-corrected chi connectivity index (χ4v) is 9.00. The summed E-state index contributed by atoms with van der Waals surface area (Å²) in [6.45, 7) is 5.83. The van der Waals surface area contributed by atoms with Crippen molar-refractivity contribution >= 4 is 23.9 Å². The molecule has 6 unspecified atom stereocenters. The van der Waals surface area contributed by atoms with Crippen LogP contribution in [0.25, 0.3) is 0 Å². The lowest BCUT2D eigenvalue weighted by Gasteiger charge is -2.40. The normalized spacial score (nSPS) is 18.5. The molecule has 0 spiro atoms. The molecule has 442 valence electrons. The van der Waals surface area contributed by atoms with Crippen LogP contribution in [0, 0.1) is 0 Å². The summed E-state index contributed by atoms with van der Waals surface area (Å²) in [7, 11) is 0. The quantitative estimate of drug-likeness (QED) is 0.0228. The van der Waals surface area contributed by atoms with Crippen molar-refractivity contribution in [3.05, 3.63) is 72.9 Å². The van der Waals surface area contributed by atoms with Crippen molar-refractivity contribution in [1.82, 2.24) is 0 Å². The highest BCUT2D eigenvalue weighted by atomic mass is 16.7. The second kappa shape index (κ2) is 52.8. The number of aliphatic hydroxyl groups excluding tert-OH is 2. The Bertz CT molecular complexity index is 1620. The number of carboxylic acid groups (broad SMARTS) is 1. The van der Waals surface area contributed by atoms with Crippen LogP contribution in [0.3, 0.4) is 0 Å². The van der Waals surface area contributed by atoms with E-state index in [0.717, 1.165) is 116 Å². The maximum atomic E-state index is 13.1. The molecule has 0 saturated carbocycles. The number of carboxylic acids is 1. The van der Waals surface area contributed by atoms with Crippen LogP contribution in [0.15, 0.2) is 72.9 Å². The zero-order chi connectivity index (χ0) is 56.1. The lowest BCUT2D eigenvalue weighted by atomic mass is 9.98. The first kappa shape index (κ1) is 71.2. The van der Waals surface area contributed by atoms with Crippen molar-refractivity contribution < 1.29 is 58.2 Å². The second-order valence-corrected chi connectivity index (χ2v) is 20.9. The van der Waals surface area contributed by atoms with Gasteiger partial charge in [0.05, 0.1) is 6.61 Å². The molecular formula is C65H110O12. The SMILES string of the molecule is CC/C=C\C/C=C\C/C=C\CCCCCC(=O)OC(COC(=O)CCCCCCC/C=C\CCCCCCCC)COC1OC(C(=O)O)C(O)C(O)C1OC(=O)CCCCCCCCCCC/C=C\C/C=C\CCCCC. The number of esters is 3. The van der Waals surface area contributed by atoms with Gasteiger partial charge in [0.1, 0.15) is 18.8 Å². The number of unbranched alkanes of at least 4 members (excludes halogenated alkanes) is 26. The van der Waals surface area contributed by atoms with Gasteiger partial charge >= 0.3 is 23.9 Å². The van der Waals surface area contributed by atoms with Gasteiger partial charge in [0.25, 0.3) is 0 Å². The molecule has 0 radical (unpaired) electrons. The third-order valence-corrected chi connectivity index (χ3v) is 13.7. The minimum absolute atomic E-state index is 0.0499. The van der Waals surface area contributed by atoms with Crippen LogP contribution in [-0.2, 0) is 42.9 Å². The largest absolute Gasteiger partial charge is 0.479 e. The van der Waals surface area contributed by atoms with Crippen molar-refractivity contribution in [3.8, 4) is 0 Å². The third-order valence-electron chi connectivity index (χ3n) is 13.7. The summed E-state index contributed by atoms with van der Waals surface area (Å²) in [6, 6.07) is 0. The van der Waals surface area contributed by atoms with Crippen LogP contribution >= 0.6 is 0 Å². The molecule has 6 atom stereocenters. The zero-order valence-corrected chi connectivity index (χ0v) is 48.7. The summed E-state index contributed by atoms with van der Waals surface area (Å²) in [4.78, 5) is 51.2. The monoisotopic (exact) mass is 1080 g/mol. The molecule has 0 amide bonds. The van der Waals surface area contributed by atoms with Gasteiger partial charge in [-0.15, -0.1) is 0 Å². The van der Waals surface area contributed by atoms with Gasteiger partial charge in [-0.05, 0) is 109 Å². The number of hydrogen-bond acceptors (Lipinski definition) is 11. The second-order valence-electron chi connectivity index (χ2n) is 20.9. The highest BCUT2D eigenvalue weighted by Gasteiger charge is 2.50. The van der Waals surface area contributed by atoms with Gasteiger partial charge in [-0.2, -0.15) is 0 Å². The van der Waals surface area contributed by atoms with E-state index >= 15 is 0 Å². The van der Waals surface area contributed by atoms with Gasteiger partial charge in [-0.25, -0.2) is 4.79 Å². The average Bonchev–Trinajstić information content (AvgIpc) is 3.42. The number of carbonyl (C=O) groups excluding carboxylic acids is 3. The van der Waals surface area contributed by atoms with E-state index in [1.165, 1.54) is 89.9 Å². The number of hydrogen-bond donors (Lipinski definition) is 3. The van der Waals surface area contributed by atoms with E-state index in [4.69, 9.17) is 23.7 Å². The lowest BCUT2D eigenvalue weighted by molar-refractivity contribution is -0.301. The Morgan fingerprint density at radius 3 is 1.30 bits per heavy atom. The van der Waals surface area contributed by atoms with Crippen LogP contribution < -0.4 is 0 Å². The predicted molar refractivity (Wildman–Crippen MR) is 312 cm³/mol. The molecule has 1 aliphatic heterocycles. The summed E-state index contributed by atoms with van der Waals surface area (Å²) in [6.07, 6.45) is 54.4. The molecule has 0 aromatic carbocycles. The number of aliphatic carboxylic acids is 1. The highest BCUT2D eigenvalue weighted by Crippen LogP contribution is 2.26. The molecule has 0 aromatic heterocycles. The molecule has 0 bridgehead atoms. The average molecular weight is 1080 g/mol.